The minimum Gasteiger partial charge on any atom is -0.301 e. The Labute approximate surface area is 69.4 Å². The minimum absolute atomic E-state index is 0.123. The first kappa shape index (κ1) is 8.11. The molecule has 1 unspecified atom stereocenters. The van der Waals surface area contributed by atoms with Gasteiger partial charge in [-0.05, 0) is 18.0 Å². The lowest BCUT2D eigenvalue weighted by molar-refractivity contribution is -0.109. The Morgan fingerprint density at radius 2 is 2.70 bits per heavy atom. The van der Waals surface area contributed by atoms with E-state index in [1.807, 2.05) is 11.2 Å². The third-order valence-corrected chi connectivity index (χ3v) is 2.67. The number of hydrogen-bond acceptors (Lipinski definition) is 3. The standard InChI is InChI=1S/C6H8ClNOS/c1-2-8-5(4-9)3-6(7)10-8/h3-5H,2H2,1H3. The second kappa shape index (κ2) is 3.42. The summed E-state index contributed by atoms with van der Waals surface area (Å²) in [7, 11) is 0. The first-order chi connectivity index (χ1) is 4.77. The van der Waals surface area contributed by atoms with Crippen molar-refractivity contribution in [2.75, 3.05) is 6.54 Å². The van der Waals surface area contributed by atoms with Crippen LogP contribution in [0.4, 0.5) is 0 Å². The molecule has 1 atom stereocenters. The first-order valence-electron chi connectivity index (χ1n) is 3.05. The lowest BCUT2D eigenvalue weighted by Gasteiger charge is -2.14. The molecule has 0 amide bonds. The quantitative estimate of drug-likeness (QED) is 0.472. The van der Waals surface area contributed by atoms with Crippen molar-refractivity contribution in [3.63, 3.8) is 0 Å². The highest BCUT2D eigenvalue weighted by atomic mass is 35.5. The van der Waals surface area contributed by atoms with Gasteiger partial charge in [0.25, 0.3) is 0 Å². The van der Waals surface area contributed by atoms with Crippen LogP contribution in [0, 0.1) is 0 Å². The molecule has 56 valence electrons. The number of likely N-dealkylation sites (N-methyl/N-ethyl adjacent to an activating group) is 1. The number of rotatable bonds is 2. The predicted octanol–water partition coefficient (Wildman–Crippen LogP) is 1.62. The molecule has 0 aromatic carbocycles. The van der Waals surface area contributed by atoms with E-state index in [0.717, 1.165) is 12.8 Å². The first-order valence-corrected chi connectivity index (χ1v) is 4.20. The highest BCUT2D eigenvalue weighted by Crippen LogP contribution is 2.33. The topological polar surface area (TPSA) is 20.3 Å². The van der Waals surface area contributed by atoms with Crippen molar-refractivity contribution in [1.29, 1.82) is 0 Å². The monoisotopic (exact) mass is 177 g/mol. The summed E-state index contributed by atoms with van der Waals surface area (Å²) in [5.74, 6) is 0. The van der Waals surface area contributed by atoms with Crippen LogP contribution in [0.3, 0.4) is 0 Å². The number of halogens is 1. The van der Waals surface area contributed by atoms with Crippen LogP contribution >= 0.6 is 23.5 Å². The number of nitrogens with zero attached hydrogens (tertiary/aromatic N) is 1. The SMILES string of the molecule is CCN1SC(Cl)=CC1C=O. The van der Waals surface area contributed by atoms with Crippen LogP contribution in [0.1, 0.15) is 6.92 Å². The van der Waals surface area contributed by atoms with E-state index >= 15 is 0 Å². The smallest absolute Gasteiger partial charge is 0.142 e. The Morgan fingerprint density at radius 1 is 2.00 bits per heavy atom. The third kappa shape index (κ3) is 1.54. The zero-order valence-corrected chi connectivity index (χ0v) is 7.15. The number of carbonyl (C=O) groups is 1. The fourth-order valence-electron chi connectivity index (χ4n) is 0.803. The summed E-state index contributed by atoms with van der Waals surface area (Å²) in [5, 5.41) is 0. The Balaban J connectivity index is 2.60. The van der Waals surface area contributed by atoms with Gasteiger partial charge in [0, 0.05) is 6.54 Å². The Kier molecular flexibility index (Phi) is 2.77. The molecule has 0 N–H and O–H groups in total. The molecule has 0 radical (unpaired) electrons. The van der Waals surface area contributed by atoms with Gasteiger partial charge in [0.05, 0.1) is 10.4 Å². The molecule has 1 heterocycles. The molecule has 1 rings (SSSR count). The van der Waals surface area contributed by atoms with E-state index in [2.05, 4.69) is 0 Å². The van der Waals surface area contributed by atoms with Gasteiger partial charge in [-0.25, -0.2) is 4.31 Å². The predicted molar refractivity (Wildman–Crippen MR) is 43.8 cm³/mol. The van der Waals surface area contributed by atoms with E-state index in [4.69, 9.17) is 11.6 Å². The van der Waals surface area contributed by atoms with E-state index in [9.17, 15) is 4.79 Å². The zero-order chi connectivity index (χ0) is 7.56. The maximum Gasteiger partial charge on any atom is 0.142 e. The van der Waals surface area contributed by atoms with Gasteiger partial charge in [0.15, 0.2) is 0 Å². The van der Waals surface area contributed by atoms with E-state index in [-0.39, 0.29) is 6.04 Å². The van der Waals surface area contributed by atoms with Gasteiger partial charge >= 0.3 is 0 Å². The minimum atomic E-state index is -0.123. The summed E-state index contributed by atoms with van der Waals surface area (Å²) < 4.78 is 2.62. The molecule has 0 fully saturated rings. The van der Waals surface area contributed by atoms with Gasteiger partial charge in [-0.15, -0.1) is 0 Å². The molecule has 0 saturated heterocycles. The Hall–Kier alpha value is 0.01000. The highest BCUT2D eigenvalue weighted by molar-refractivity contribution is 8.02. The molecule has 0 spiro atoms. The van der Waals surface area contributed by atoms with Gasteiger partial charge in [-0.2, -0.15) is 0 Å². The fraction of sp³-hybridized carbons (Fsp3) is 0.500. The van der Waals surface area contributed by atoms with Crippen molar-refractivity contribution in [1.82, 2.24) is 4.31 Å². The summed E-state index contributed by atoms with van der Waals surface area (Å²) in [4.78, 5) is 10.4. The van der Waals surface area contributed by atoms with Crippen LogP contribution in [0.15, 0.2) is 10.4 Å². The average molecular weight is 178 g/mol. The molecule has 4 heteroatoms. The molecule has 1 aliphatic heterocycles. The van der Waals surface area contributed by atoms with E-state index in [1.165, 1.54) is 11.9 Å². The second-order valence-electron chi connectivity index (χ2n) is 1.92. The van der Waals surface area contributed by atoms with Gasteiger partial charge < -0.3 is 4.79 Å². The Morgan fingerprint density at radius 3 is 3.10 bits per heavy atom. The van der Waals surface area contributed by atoms with Crippen LogP contribution in [0.5, 0.6) is 0 Å². The van der Waals surface area contributed by atoms with Crippen molar-refractivity contribution in [2.24, 2.45) is 0 Å². The summed E-state index contributed by atoms with van der Waals surface area (Å²) in [6.45, 7) is 2.83. The second-order valence-corrected chi connectivity index (χ2v) is 3.64. The lowest BCUT2D eigenvalue weighted by atomic mass is 10.3. The molecular formula is C6H8ClNOS. The lowest BCUT2D eigenvalue weighted by Crippen LogP contribution is -2.24. The van der Waals surface area contributed by atoms with Gasteiger partial charge in [-0.1, -0.05) is 18.5 Å². The van der Waals surface area contributed by atoms with E-state index in [0.29, 0.717) is 4.36 Å². The summed E-state index contributed by atoms with van der Waals surface area (Å²) in [6.07, 6.45) is 2.65. The van der Waals surface area contributed by atoms with Gasteiger partial charge in [-0.3, -0.25) is 0 Å². The molecule has 0 aromatic heterocycles. The van der Waals surface area contributed by atoms with Crippen molar-refractivity contribution in [2.45, 2.75) is 13.0 Å². The zero-order valence-electron chi connectivity index (χ0n) is 5.58. The maximum atomic E-state index is 10.4. The van der Waals surface area contributed by atoms with Crippen molar-refractivity contribution < 1.29 is 4.79 Å². The fourth-order valence-corrected chi connectivity index (χ4v) is 1.98. The van der Waals surface area contributed by atoms with Crippen LogP contribution in [0.2, 0.25) is 0 Å². The van der Waals surface area contributed by atoms with Crippen molar-refractivity contribution in [3.05, 3.63) is 10.4 Å². The largest absolute Gasteiger partial charge is 0.301 e. The van der Waals surface area contributed by atoms with Crippen LogP contribution < -0.4 is 0 Å². The van der Waals surface area contributed by atoms with E-state index in [1.54, 1.807) is 6.08 Å². The Bertz CT molecular complexity index is 171. The van der Waals surface area contributed by atoms with Crippen molar-refractivity contribution in [3.8, 4) is 0 Å². The number of hydrogen-bond donors (Lipinski definition) is 0. The highest BCUT2D eigenvalue weighted by Gasteiger charge is 2.22. The number of aldehydes is 1. The van der Waals surface area contributed by atoms with Crippen molar-refractivity contribution >= 4 is 29.8 Å². The van der Waals surface area contributed by atoms with Crippen LogP contribution in [-0.2, 0) is 4.79 Å². The summed E-state index contributed by atoms with van der Waals surface area (Å²) in [6, 6.07) is -0.123. The molecular weight excluding hydrogens is 170 g/mol. The van der Waals surface area contributed by atoms with E-state index < -0.39 is 0 Å². The molecule has 1 aliphatic rings. The molecule has 0 aromatic rings. The summed E-state index contributed by atoms with van der Waals surface area (Å²) in [5.41, 5.74) is 0. The van der Waals surface area contributed by atoms with Crippen LogP contribution in [0.25, 0.3) is 0 Å². The maximum absolute atomic E-state index is 10.4. The van der Waals surface area contributed by atoms with Crippen LogP contribution in [-0.4, -0.2) is 23.2 Å². The molecule has 10 heavy (non-hydrogen) atoms. The molecule has 0 aliphatic carbocycles. The molecule has 0 bridgehead atoms. The third-order valence-electron chi connectivity index (χ3n) is 1.29. The average Bonchev–Trinajstić information content (AvgIpc) is 2.30. The van der Waals surface area contributed by atoms with Gasteiger partial charge in [0.1, 0.15) is 6.29 Å². The molecule has 0 saturated carbocycles. The number of carbonyl (C=O) groups excluding carboxylic acids is 1. The normalized spacial score (nSPS) is 26.6. The molecule has 2 nitrogen and oxygen atoms in total. The summed E-state index contributed by atoms with van der Waals surface area (Å²) >= 11 is 7.11. The van der Waals surface area contributed by atoms with Gasteiger partial charge in [0.2, 0.25) is 0 Å².